The minimum Gasteiger partial charge on any atom is -0.480 e. The molecule has 0 amide bonds. The largest absolute Gasteiger partial charge is 0.480 e. The molecule has 0 bridgehead atoms. The number of anilines is 1. The Balaban J connectivity index is 3.01. The van der Waals surface area contributed by atoms with Gasteiger partial charge < -0.3 is 10.4 Å². The van der Waals surface area contributed by atoms with Crippen LogP contribution in [0.1, 0.15) is 25.8 Å². The zero-order chi connectivity index (χ0) is 14.6. The average molecular weight is 329 g/mol. The second-order valence-corrected chi connectivity index (χ2v) is 5.36. The lowest BCUT2D eigenvalue weighted by atomic mass is 10.0. The summed E-state index contributed by atoms with van der Waals surface area (Å²) in [5.74, 6) is -1.53. The van der Waals surface area contributed by atoms with Gasteiger partial charge in [-0.2, -0.15) is 5.26 Å². The molecule has 1 aromatic rings. The van der Waals surface area contributed by atoms with Crippen molar-refractivity contribution in [1.82, 2.24) is 0 Å². The number of halogens is 2. The average Bonchev–Trinajstić information content (AvgIpc) is 2.33. The molecule has 1 aromatic carbocycles. The Kier molecular flexibility index (Phi) is 5.31. The van der Waals surface area contributed by atoms with Crippen molar-refractivity contribution in [3.63, 3.8) is 0 Å². The molecular weight excluding hydrogens is 315 g/mol. The van der Waals surface area contributed by atoms with Gasteiger partial charge in [-0.05, 0) is 40.4 Å². The van der Waals surface area contributed by atoms with Crippen molar-refractivity contribution >= 4 is 27.6 Å². The normalized spacial score (nSPS) is 12.0. The van der Waals surface area contributed by atoms with E-state index in [9.17, 15) is 9.18 Å². The van der Waals surface area contributed by atoms with Crippen molar-refractivity contribution < 1.29 is 14.3 Å². The lowest BCUT2D eigenvalue weighted by Crippen LogP contribution is -2.31. The van der Waals surface area contributed by atoms with Crippen LogP contribution >= 0.6 is 15.9 Å². The number of carbonyl (C=O) groups is 1. The summed E-state index contributed by atoms with van der Waals surface area (Å²) in [4.78, 5) is 11.1. The number of carboxylic acids is 1. The van der Waals surface area contributed by atoms with E-state index in [1.54, 1.807) is 0 Å². The molecule has 6 heteroatoms. The molecule has 102 valence electrons. The molecule has 1 unspecified atom stereocenters. The van der Waals surface area contributed by atoms with Gasteiger partial charge in [0.25, 0.3) is 0 Å². The molecule has 0 aromatic heterocycles. The third-order valence-electron chi connectivity index (χ3n) is 2.54. The number of benzene rings is 1. The van der Waals surface area contributed by atoms with Gasteiger partial charge in [0.15, 0.2) is 5.82 Å². The van der Waals surface area contributed by atoms with E-state index in [4.69, 9.17) is 10.4 Å². The van der Waals surface area contributed by atoms with Gasteiger partial charge in [-0.1, -0.05) is 13.8 Å². The third-order valence-corrected chi connectivity index (χ3v) is 3.31. The van der Waals surface area contributed by atoms with Crippen LogP contribution in [-0.2, 0) is 4.79 Å². The Morgan fingerprint density at radius 3 is 2.68 bits per heavy atom. The van der Waals surface area contributed by atoms with Gasteiger partial charge in [-0.25, -0.2) is 9.18 Å². The maximum absolute atomic E-state index is 14.0. The Morgan fingerprint density at radius 2 is 2.21 bits per heavy atom. The van der Waals surface area contributed by atoms with Gasteiger partial charge in [0.1, 0.15) is 12.1 Å². The number of carboxylic acid groups (broad SMARTS) is 1. The summed E-state index contributed by atoms with van der Waals surface area (Å²) in [6.45, 7) is 3.78. The SMILES string of the molecule is CC(C)CC(Nc1ccc(C#N)c(Br)c1F)C(=O)O. The molecular formula is C13H14BrFN2O2. The first-order valence-electron chi connectivity index (χ1n) is 5.74. The molecule has 4 nitrogen and oxygen atoms in total. The molecule has 1 atom stereocenters. The van der Waals surface area contributed by atoms with E-state index in [0.717, 1.165) is 0 Å². The number of hydrogen-bond acceptors (Lipinski definition) is 3. The molecule has 0 spiro atoms. The first kappa shape index (κ1) is 15.4. The summed E-state index contributed by atoms with van der Waals surface area (Å²) in [6, 6.07) is 3.78. The highest BCUT2D eigenvalue weighted by molar-refractivity contribution is 9.10. The third kappa shape index (κ3) is 3.93. The molecule has 19 heavy (non-hydrogen) atoms. The van der Waals surface area contributed by atoms with Gasteiger partial charge in [0.05, 0.1) is 15.7 Å². The van der Waals surface area contributed by atoms with E-state index in [-0.39, 0.29) is 21.6 Å². The number of nitrogens with zero attached hydrogens (tertiary/aromatic N) is 1. The fraction of sp³-hybridized carbons (Fsp3) is 0.385. The Hall–Kier alpha value is -1.61. The Labute approximate surface area is 119 Å². The molecule has 0 saturated heterocycles. The number of nitrogens with one attached hydrogen (secondary N) is 1. The number of hydrogen-bond donors (Lipinski definition) is 2. The second kappa shape index (κ2) is 6.53. The zero-order valence-corrected chi connectivity index (χ0v) is 12.2. The highest BCUT2D eigenvalue weighted by atomic mass is 79.9. The Morgan fingerprint density at radius 1 is 1.58 bits per heavy atom. The van der Waals surface area contributed by atoms with Gasteiger partial charge in [0, 0.05) is 0 Å². The van der Waals surface area contributed by atoms with Crippen molar-refractivity contribution in [2.45, 2.75) is 26.3 Å². The van der Waals surface area contributed by atoms with Crippen LogP contribution in [0.4, 0.5) is 10.1 Å². The molecule has 0 radical (unpaired) electrons. The highest BCUT2D eigenvalue weighted by Gasteiger charge is 2.21. The number of nitriles is 1. The van der Waals surface area contributed by atoms with E-state index in [0.29, 0.717) is 6.42 Å². The first-order chi connectivity index (χ1) is 8.86. The van der Waals surface area contributed by atoms with E-state index < -0.39 is 17.8 Å². The van der Waals surface area contributed by atoms with Crippen LogP contribution in [0.15, 0.2) is 16.6 Å². The first-order valence-corrected chi connectivity index (χ1v) is 6.53. The van der Waals surface area contributed by atoms with Crippen LogP contribution < -0.4 is 5.32 Å². The van der Waals surface area contributed by atoms with Crippen molar-refractivity contribution in [3.8, 4) is 6.07 Å². The quantitative estimate of drug-likeness (QED) is 0.869. The molecule has 1 rings (SSSR count). The van der Waals surface area contributed by atoms with Crippen LogP contribution in [0.2, 0.25) is 0 Å². The van der Waals surface area contributed by atoms with Crippen molar-refractivity contribution in [2.24, 2.45) is 5.92 Å². The number of rotatable bonds is 5. The zero-order valence-electron chi connectivity index (χ0n) is 10.6. The summed E-state index contributed by atoms with van der Waals surface area (Å²) in [5.41, 5.74) is 0.234. The van der Waals surface area contributed by atoms with Crippen LogP contribution in [-0.4, -0.2) is 17.1 Å². The van der Waals surface area contributed by atoms with Crippen LogP contribution in [0.5, 0.6) is 0 Å². The van der Waals surface area contributed by atoms with Crippen LogP contribution in [0.25, 0.3) is 0 Å². The van der Waals surface area contributed by atoms with E-state index >= 15 is 0 Å². The topological polar surface area (TPSA) is 73.1 Å². The maximum Gasteiger partial charge on any atom is 0.326 e. The lowest BCUT2D eigenvalue weighted by molar-refractivity contribution is -0.138. The minimum atomic E-state index is -1.03. The van der Waals surface area contributed by atoms with Gasteiger partial charge in [0.2, 0.25) is 0 Å². The Bertz CT molecular complexity index is 526. The molecule has 0 aliphatic carbocycles. The molecule has 0 aliphatic rings. The highest BCUT2D eigenvalue weighted by Crippen LogP contribution is 2.27. The summed E-state index contributed by atoms with van der Waals surface area (Å²) in [7, 11) is 0. The van der Waals surface area contributed by atoms with Gasteiger partial charge in [-0.3, -0.25) is 0 Å². The standard InChI is InChI=1S/C13H14BrFN2O2/c1-7(2)5-10(13(18)19)17-9-4-3-8(6-16)11(14)12(9)15/h3-4,7,10,17H,5H2,1-2H3,(H,18,19). The van der Waals surface area contributed by atoms with Gasteiger partial charge >= 0.3 is 5.97 Å². The lowest BCUT2D eigenvalue weighted by Gasteiger charge is -2.18. The summed E-state index contributed by atoms with van der Waals surface area (Å²) < 4.78 is 14.0. The van der Waals surface area contributed by atoms with Crippen molar-refractivity contribution in [3.05, 3.63) is 28.0 Å². The predicted octanol–water partition coefficient (Wildman–Crippen LogP) is 3.37. The van der Waals surface area contributed by atoms with Crippen molar-refractivity contribution in [1.29, 1.82) is 5.26 Å². The molecule has 0 fully saturated rings. The molecule has 0 saturated carbocycles. The fourth-order valence-corrected chi connectivity index (χ4v) is 2.06. The molecule has 0 heterocycles. The van der Waals surface area contributed by atoms with Crippen molar-refractivity contribution in [2.75, 3.05) is 5.32 Å². The monoisotopic (exact) mass is 328 g/mol. The summed E-state index contributed by atoms with van der Waals surface area (Å²) in [5, 5.41) is 20.5. The number of aliphatic carboxylic acids is 1. The van der Waals surface area contributed by atoms with Gasteiger partial charge in [-0.15, -0.1) is 0 Å². The van der Waals surface area contributed by atoms with E-state index in [1.807, 2.05) is 19.9 Å². The van der Waals surface area contributed by atoms with E-state index in [2.05, 4.69) is 21.2 Å². The minimum absolute atomic E-state index is 0.0358. The fourth-order valence-electron chi connectivity index (χ4n) is 1.63. The van der Waals surface area contributed by atoms with E-state index in [1.165, 1.54) is 12.1 Å². The maximum atomic E-state index is 14.0. The second-order valence-electron chi connectivity index (χ2n) is 4.57. The smallest absolute Gasteiger partial charge is 0.326 e. The summed E-state index contributed by atoms with van der Waals surface area (Å²) >= 11 is 2.98. The van der Waals surface area contributed by atoms with Crippen LogP contribution in [0, 0.1) is 23.1 Å². The molecule has 0 aliphatic heterocycles. The molecule has 2 N–H and O–H groups in total. The summed E-state index contributed by atoms with van der Waals surface area (Å²) in [6.07, 6.45) is 0.381. The van der Waals surface area contributed by atoms with Crippen LogP contribution in [0.3, 0.4) is 0 Å². The predicted molar refractivity (Wildman–Crippen MR) is 73.3 cm³/mol.